The van der Waals surface area contributed by atoms with E-state index in [0.717, 1.165) is 22.3 Å². The normalized spacial score (nSPS) is 14.4. The third-order valence-electron chi connectivity index (χ3n) is 3.02. The highest BCUT2D eigenvalue weighted by Crippen LogP contribution is 2.21. The molecule has 1 heterocycles. The number of aromatic nitrogens is 1. The van der Waals surface area contributed by atoms with Crippen LogP contribution in [0.5, 0.6) is 0 Å². The summed E-state index contributed by atoms with van der Waals surface area (Å²) in [5, 5.41) is 6.35. The maximum absolute atomic E-state index is 13.2. The average Bonchev–Trinajstić information content (AvgIpc) is 2.79. The van der Waals surface area contributed by atoms with Gasteiger partial charge < -0.3 is 5.32 Å². The van der Waals surface area contributed by atoms with Crippen molar-refractivity contribution < 1.29 is 8.78 Å². The first kappa shape index (κ1) is 14.1. The predicted octanol–water partition coefficient (Wildman–Crippen LogP) is 4.14. The molecule has 0 aliphatic carbocycles. The number of rotatable bonds is 4. The molecular formula is C14H16F2N2S. The number of aryl methyl sites for hydroxylation is 1. The van der Waals surface area contributed by atoms with Crippen molar-refractivity contribution in [3.63, 3.8) is 0 Å². The van der Waals surface area contributed by atoms with Gasteiger partial charge in [-0.25, -0.2) is 13.8 Å². The lowest BCUT2D eigenvalue weighted by Crippen LogP contribution is -2.22. The van der Waals surface area contributed by atoms with Crippen LogP contribution in [0.1, 0.15) is 42.2 Å². The minimum atomic E-state index is -0.820. The second-order valence-corrected chi connectivity index (χ2v) is 5.64. The molecule has 5 heteroatoms. The molecule has 1 aromatic carbocycles. The van der Waals surface area contributed by atoms with Gasteiger partial charge in [0, 0.05) is 17.5 Å². The van der Waals surface area contributed by atoms with E-state index >= 15 is 0 Å². The summed E-state index contributed by atoms with van der Waals surface area (Å²) in [5.41, 5.74) is 1.69. The lowest BCUT2D eigenvalue weighted by Gasteiger charge is -2.19. The predicted molar refractivity (Wildman–Crippen MR) is 73.2 cm³/mol. The number of hydrogen-bond donors (Lipinski definition) is 1. The van der Waals surface area contributed by atoms with E-state index in [-0.39, 0.29) is 12.1 Å². The smallest absolute Gasteiger partial charge is 0.159 e. The number of benzene rings is 1. The van der Waals surface area contributed by atoms with Gasteiger partial charge in [-0.05, 0) is 38.5 Å². The van der Waals surface area contributed by atoms with Crippen LogP contribution in [0.4, 0.5) is 8.78 Å². The molecule has 2 unspecified atom stereocenters. The molecule has 2 nitrogen and oxygen atoms in total. The second-order valence-electron chi connectivity index (χ2n) is 4.57. The average molecular weight is 282 g/mol. The van der Waals surface area contributed by atoms with E-state index in [1.165, 1.54) is 6.07 Å². The van der Waals surface area contributed by atoms with Crippen molar-refractivity contribution in [3.05, 3.63) is 51.5 Å². The zero-order valence-corrected chi connectivity index (χ0v) is 11.9. The van der Waals surface area contributed by atoms with Crippen LogP contribution < -0.4 is 5.32 Å². The molecule has 0 radical (unpaired) electrons. The third kappa shape index (κ3) is 3.36. The summed E-state index contributed by atoms with van der Waals surface area (Å²) in [7, 11) is 0. The van der Waals surface area contributed by atoms with Crippen LogP contribution in [0.15, 0.2) is 23.6 Å². The Labute approximate surface area is 115 Å². The molecule has 0 bridgehead atoms. The molecule has 0 saturated carbocycles. The Bertz CT molecular complexity index is 568. The van der Waals surface area contributed by atoms with E-state index in [9.17, 15) is 8.78 Å². The van der Waals surface area contributed by atoms with Crippen LogP contribution >= 0.6 is 11.3 Å². The molecule has 0 fully saturated rings. The van der Waals surface area contributed by atoms with Crippen molar-refractivity contribution in [2.45, 2.75) is 32.9 Å². The van der Waals surface area contributed by atoms with E-state index in [1.54, 1.807) is 17.4 Å². The minimum Gasteiger partial charge on any atom is -0.302 e. The molecule has 0 spiro atoms. The highest BCUT2D eigenvalue weighted by molar-refractivity contribution is 7.09. The Morgan fingerprint density at radius 1 is 1.16 bits per heavy atom. The molecule has 1 aromatic heterocycles. The largest absolute Gasteiger partial charge is 0.302 e. The van der Waals surface area contributed by atoms with E-state index in [0.29, 0.717) is 0 Å². The number of nitrogens with one attached hydrogen (secondary N) is 1. The van der Waals surface area contributed by atoms with Crippen molar-refractivity contribution in [2.75, 3.05) is 0 Å². The topological polar surface area (TPSA) is 24.9 Å². The van der Waals surface area contributed by atoms with E-state index < -0.39 is 11.6 Å². The molecule has 0 aliphatic rings. The fourth-order valence-corrected chi connectivity index (χ4v) is 2.62. The standard InChI is InChI=1S/C14H16F2N2S/c1-8(11-4-5-12(15)13(16)6-11)17-9(2)14-7-19-10(3)18-14/h4-9,17H,1-3H3. The Morgan fingerprint density at radius 3 is 2.47 bits per heavy atom. The highest BCUT2D eigenvalue weighted by Gasteiger charge is 2.14. The molecule has 2 rings (SSSR count). The van der Waals surface area contributed by atoms with Crippen LogP contribution in [-0.4, -0.2) is 4.98 Å². The van der Waals surface area contributed by atoms with Gasteiger partial charge in [0.15, 0.2) is 11.6 Å². The molecule has 0 amide bonds. The lowest BCUT2D eigenvalue weighted by molar-refractivity contribution is 0.475. The third-order valence-corrected chi connectivity index (χ3v) is 3.82. The molecule has 0 aliphatic heterocycles. The number of hydrogen-bond acceptors (Lipinski definition) is 3. The molecule has 0 saturated heterocycles. The van der Waals surface area contributed by atoms with Gasteiger partial charge in [0.1, 0.15) is 0 Å². The maximum atomic E-state index is 13.2. The Balaban J connectivity index is 2.07. The Morgan fingerprint density at radius 2 is 1.89 bits per heavy atom. The molecule has 102 valence electrons. The van der Waals surface area contributed by atoms with Crippen LogP contribution in [0, 0.1) is 18.6 Å². The van der Waals surface area contributed by atoms with Gasteiger partial charge in [0.25, 0.3) is 0 Å². The Kier molecular flexibility index (Phi) is 4.27. The van der Waals surface area contributed by atoms with Gasteiger partial charge >= 0.3 is 0 Å². The highest BCUT2D eigenvalue weighted by atomic mass is 32.1. The molecule has 19 heavy (non-hydrogen) atoms. The van der Waals surface area contributed by atoms with Crippen molar-refractivity contribution >= 4 is 11.3 Å². The van der Waals surface area contributed by atoms with Crippen LogP contribution in [0.3, 0.4) is 0 Å². The van der Waals surface area contributed by atoms with Gasteiger partial charge in [-0.2, -0.15) is 0 Å². The summed E-state index contributed by atoms with van der Waals surface area (Å²) < 4.78 is 26.1. The Hall–Kier alpha value is -1.33. The number of thiazole rings is 1. The van der Waals surface area contributed by atoms with Gasteiger partial charge in [-0.3, -0.25) is 0 Å². The summed E-state index contributed by atoms with van der Waals surface area (Å²) in [6, 6.07) is 3.96. The fourth-order valence-electron chi connectivity index (χ4n) is 1.92. The summed E-state index contributed by atoms with van der Waals surface area (Å²) in [6.45, 7) is 5.88. The van der Waals surface area contributed by atoms with E-state index in [4.69, 9.17) is 0 Å². The van der Waals surface area contributed by atoms with Crippen molar-refractivity contribution in [2.24, 2.45) is 0 Å². The zero-order chi connectivity index (χ0) is 14.0. The van der Waals surface area contributed by atoms with Crippen molar-refractivity contribution in [1.82, 2.24) is 10.3 Å². The SMILES string of the molecule is Cc1nc(C(C)NC(C)c2ccc(F)c(F)c2)cs1. The number of halogens is 2. The van der Waals surface area contributed by atoms with Crippen molar-refractivity contribution in [3.8, 4) is 0 Å². The first-order chi connectivity index (χ1) is 8.97. The van der Waals surface area contributed by atoms with Gasteiger partial charge in [-0.15, -0.1) is 11.3 Å². The van der Waals surface area contributed by atoms with Gasteiger partial charge in [0.05, 0.1) is 10.7 Å². The van der Waals surface area contributed by atoms with E-state index in [1.807, 2.05) is 26.2 Å². The maximum Gasteiger partial charge on any atom is 0.159 e. The molecule has 2 atom stereocenters. The molecule has 1 N–H and O–H groups in total. The summed E-state index contributed by atoms with van der Waals surface area (Å²) in [4.78, 5) is 4.41. The lowest BCUT2D eigenvalue weighted by atomic mass is 10.1. The number of nitrogens with zero attached hydrogens (tertiary/aromatic N) is 1. The first-order valence-electron chi connectivity index (χ1n) is 6.10. The minimum absolute atomic E-state index is 0.0630. The summed E-state index contributed by atoms with van der Waals surface area (Å²) in [5.74, 6) is -1.64. The van der Waals surface area contributed by atoms with Crippen LogP contribution in [-0.2, 0) is 0 Å². The van der Waals surface area contributed by atoms with E-state index in [2.05, 4.69) is 10.3 Å². The summed E-state index contributed by atoms with van der Waals surface area (Å²) in [6.07, 6.45) is 0. The fraction of sp³-hybridized carbons (Fsp3) is 0.357. The van der Waals surface area contributed by atoms with Gasteiger partial charge in [0.2, 0.25) is 0 Å². The second kappa shape index (κ2) is 5.75. The molecular weight excluding hydrogens is 266 g/mol. The molecule has 2 aromatic rings. The summed E-state index contributed by atoms with van der Waals surface area (Å²) >= 11 is 1.60. The quantitative estimate of drug-likeness (QED) is 0.911. The van der Waals surface area contributed by atoms with Gasteiger partial charge in [-0.1, -0.05) is 6.07 Å². The van der Waals surface area contributed by atoms with Crippen LogP contribution in [0.2, 0.25) is 0 Å². The van der Waals surface area contributed by atoms with Crippen molar-refractivity contribution in [1.29, 1.82) is 0 Å². The monoisotopic (exact) mass is 282 g/mol. The van der Waals surface area contributed by atoms with Crippen LogP contribution in [0.25, 0.3) is 0 Å². The zero-order valence-electron chi connectivity index (χ0n) is 11.1. The first-order valence-corrected chi connectivity index (χ1v) is 6.98.